The molecule has 98 valence electrons. The van der Waals surface area contributed by atoms with E-state index in [9.17, 15) is 9.90 Å². The molecule has 4 nitrogen and oxygen atoms in total. The second-order valence-corrected chi connectivity index (χ2v) is 5.43. The van der Waals surface area contributed by atoms with Gasteiger partial charge in [-0.3, -0.25) is 4.79 Å². The van der Waals surface area contributed by atoms with Gasteiger partial charge in [0.1, 0.15) is 0 Å². The fourth-order valence-corrected chi connectivity index (χ4v) is 3.11. The summed E-state index contributed by atoms with van der Waals surface area (Å²) in [6, 6.07) is 0. The molecule has 1 heterocycles. The van der Waals surface area contributed by atoms with E-state index in [2.05, 4.69) is 17.6 Å². The van der Waals surface area contributed by atoms with Crippen molar-refractivity contribution in [1.29, 1.82) is 0 Å². The molecule has 0 aromatic heterocycles. The maximum absolute atomic E-state index is 12.2. The predicted molar refractivity (Wildman–Crippen MR) is 66.6 cm³/mol. The van der Waals surface area contributed by atoms with Crippen LogP contribution in [0.15, 0.2) is 0 Å². The summed E-state index contributed by atoms with van der Waals surface area (Å²) in [6.07, 6.45) is 5.64. The lowest BCUT2D eigenvalue weighted by Crippen LogP contribution is -2.54. The summed E-state index contributed by atoms with van der Waals surface area (Å²) in [5, 5.41) is 16.1. The average Bonchev–Trinajstić information content (AvgIpc) is 2.95. The first-order valence-corrected chi connectivity index (χ1v) is 6.89. The van der Waals surface area contributed by atoms with Crippen LogP contribution in [-0.4, -0.2) is 35.7 Å². The van der Waals surface area contributed by atoms with E-state index in [4.69, 9.17) is 0 Å². The van der Waals surface area contributed by atoms with Gasteiger partial charge in [-0.05, 0) is 38.6 Å². The lowest BCUT2D eigenvalue weighted by Gasteiger charge is -2.27. The minimum atomic E-state index is -0.344. The standard InChI is InChI=1S/C13H24N2O2/c1-2-13(7-4-8-15-13)12(17)14-9-10-5-3-6-11(10)16/h10-11,15-16H,2-9H2,1H3,(H,14,17). The molecule has 4 heteroatoms. The van der Waals surface area contributed by atoms with Crippen molar-refractivity contribution < 1.29 is 9.90 Å². The fraction of sp³-hybridized carbons (Fsp3) is 0.923. The smallest absolute Gasteiger partial charge is 0.240 e. The van der Waals surface area contributed by atoms with Crippen molar-refractivity contribution in [3.8, 4) is 0 Å². The van der Waals surface area contributed by atoms with E-state index in [0.29, 0.717) is 6.54 Å². The number of carbonyl (C=O) groups is 1. The van der Waals surface area contributed by atoms with E-state index >= 15 is 0 Å². The van der Waals surface area contributed by atoms with Crippen molar-refractivity contribution in [3.63, 3.8) is 0 Å². The van der Waals surface area contributed by atoms with Crippen LogP contribution in [0.5, 0.6) is 0 Å². The zero-order chi connectivity index (χ0) is 12.3. The Hall–Kier alpha value is -0.610. The van der Waals surface area contributed by atoms with Crippen LogP contribution in [0.1, 0.15) is 45.4 Å². The van der Waals surface area contributed by atoms with E-state index in [-0.39, 0.29) is 23.5 Å². The lowest BCUT2D eigenvalue weighted by molar-refractivity contribution is -0.127. The van der Waals surface area contributed by atoms with Crippen LogP contribution < -0.4 is 10.6 Å². The lowest BCUT2D eigenvalue weighted by atomic mass is 9.93. The minimum Gasteiger partial charge on any atom is -0.393 e. The van der Waals surface area contributed by atoms with E-state index in [1.165, 1.54) is 0 Å². The van der Waals surface area contributed by atoms with Crippen molar-refractivity contribution in [2.75, 3.05) is 13.1 Å². The summed E-state index contributed by atoms with van der Waals surface area (Å²) in [5.41, 5.74) is -0.344. The van der Waals surface area contributed by atoms with Crippen molar-refractivity contribution in [2.24, 2.45) is 5.92 Å². The minimum absolute atomic E-state index is 0.122. The van der Waals surface area contributed by atoms with Crippen molar-refractivity contribution in [1.82, 2.24) is 10.6 Å². The molecule has 1 amide bonds. The number of amides is 1. The summed E-state index contributed by atoms with van der Waals surface area (Å²) in [4.78, 5) is 12.2. The van der Waals surface area contributed by atoms with E-state index in [1.54, 1.807) is 0 Å². The van der Waals surface area contributed by atoms with Crippen LogP contribution in [0.4, 0.5) is 0 Å². The van der Waals surface area contributed by atoms with Gasteiger partial charge < -0.3 is 15.7 Å². The van der Waals surface area contributed by atoms with Crippen LogP contribution >= 0.6 is 0 Å². The third-order valence-corrected chi connectivity index (χ3v) is 4.43. The van der Waals surface area contributed by atoms with Gasteiger partial charge in [-0.15, -0.1) is 0 Å². The summed E-state index contributed by atoms with van der Waals surface area (Å²) in [6.45, 7) is 3.62. The van der Waals surface area contributed by atoms with Crippen LogP contribution in [0.2, 0.25) is 0 Å². The second-order valence-electron chi connectivity index (χ2n) is 5.43. The van der Waals surface area contributed by atoms with E-state index in [1.807, 2.05) is 0 Å². The number of aliphatic hydroxyl groups excluding tert-OH is 1. The number of aliphatic hydroxyl groups is 1. The first kappa shape index (κ1) is 12.8. The molecule has 0 bridgehead atoms. The molecule has 1 aliphatic carbocycles. The van der Waals surface area contributed by atoms with Crippen molar-refractivity contribution in [3.05, 3.63) is 0 Å². The van der Waals surface area contributed by atoms with Gasteiger partial charge in [0.2, 0.25) is 5.91 Å². The SMILES string of the molecule is CCC1(C(=O)NCC2CCCC2O)CCCN1. The number of hydrogen-bond acceptors (Lipinski definition) is 3. The zero-order valence-electron chi connectivity index (χ0n) is 10.7. The highest BCUT2D eigenvalue weighted by molar-refractivity contribution is 5.86. The molecule has 3 atom stereocenters. The zero-order valence-corrected chi connectivity index (χ0v) is 10.7. The maximum Gasteiger partial charge on any atom is 0.240 e. The monoisotopic (exact) mass is 240 g/mol. The van der Waals surface area contributed by atoms with Gasteiger partial charge in [-0.1, -0.05) is 13.3 Å². The predicted octanol–water partition coefficient (Wildman–Crippen LogP) is 0.796. The normalized spacial score (nSPS) is 37.3. The highest BCUT2D eigenvalue weighted by Gasteiger charge is 2.39. The van der Waals surface area contributed by atoms with Gasteiger partial charge in [0, 0.05) is 12.5 Å². The van der Waals surface area contributed by atoms with Crippen LogP contribution in [0.25, 0.3) is 0 Å². The molecule has 1 saturated heterocycles. The van der Waals surface area contributed by atoms with Gasteiger partial charge in [0.15, 0.2) is 0 Å². The molecular weight excluding hydrogens is 216 g/mol. The molecule has 1 aliphatic heterocycles. The van der Waals surface area contributed by atoms with Crippen LogP contribution in [0.3, 0.4) is 0 Å². The Morgan fingerprint density at radius 1 is 1.47 bits per heavy atom. The van der Waals surface area contributed by atoms with Crippen LogP contribution in [0, 0.1) is 5.92 Å². The Kier molecular flexibility index (Phi) is 4.05. The third-order valence-electron chi connectivity index (χ3n) is 4.43. The Balaban J connectivity index is 1.84. The van der Waals surface area contributed by atoms with E-state index in [0.717, 1.165) is 45.1 Å². The molecule has 0 aromatic carbocycles. The fourth-order valence-electron chi connectivity index (χ4n) is 3.11. The molecule has 0 radical (unpaired) electrons. The number of carbonyl (C=O) groups excluding carboxylic acids is 1. The molecule has 2 aliphatic rings. The molecule has 0 spiro atoms. The van der Waals surface area contributed by atoms with Crippen molar-refractivity contribution >= 4 is 5.91 Å². The number of hydrogen-bond donors (Lipinski definition) is 3. The van der Waals surface area contributed by atoms with E-state index < -0.39 is 0 Å². The molecular formula is C13H24N2O2. The van der Waals surface area contributed by atoms with Gasteiger partial charge >= 0.3 is 0 Å². The van der Waals surface area contributed by atoms with Gasteiger partial charge in [0.05, 0.1) is 11.6 Å². The first-order valence-electron chi connectivity index (χ1n) is 6.89. The topological polar surface area (TPSA) is 61.4 Å². The summed E-state index contributed by atoms with van der Waals surface area (Å²) in [5.74, 6) is 0.380. The molecule has 3 unspecified atom stereocenters. The molecule has 2 fully saturated rings. The Bertz CT molecular complexity index is 275. The van der Waals surface area contributed by atoms with Gasteiger partial charge in [-0.2, -0.15) is 0 Å². The Morgan fingerprint density at radius 2 is 2.29 bits per heavy atom. The highest BCUT2D eigenvalue weighted by atomic mass is 16.3. The summed E-state index contributed by atoms with van der Waals surface area (Å²) >= 11 is 0. The molecule has 0 aromatic rings. The molecule has 2 rings (SSSR count). The summed E-state index contributed by atoms with van der Waals surface area (Å²) < 4.78 is 0. The molecule has 1 saturated carbocycles. The third kappa shape index (κ3) is 2.63. The second kappa shape index (κ2) is 5.36. The number of nitrogens with one attached hydrogen (secondary N) is 2. The van der Waals surface area contributed by atoms with Gasteiger partial charge in [0.25, 0.3) is 0 Å². The average molecular weight is 240 g/mol. The van der Waals surface area contributed by atoms with Crippen molar-refractivity contribution in [2.45, 2.75) is 57.1 Å². The maximum atomic E-state index is 12.2. The molecule has 17 heavy (non-hydrogen) atoms. The highest BCUT2D eigenvalue weighted by Crippen LogP contribution is 2.26. The molecule has 3 N–H and O–H groups in total. The Labute approximate surface area is 103 Å². The Morgan fingerprint density at radius 3 is 2.82 bits per heavy atom. The number of rotatable bonds is 4. The first-order chi connectivity index (χ1) is 8.18. The summed E-state index contributed by atoms with van der Waals surface area (Å²) in [7, 11) is 0. The quantitative estimate of drug-likeness (QED) is 0.681. The van der Waals surface area contributed by atoms with Crippen LogP contribution in [-0.2, 0) is 4.79 Å². The van der Waals surface area contributed by atoms with Gasteiger partial charge in [-0.25, -0.2) is 0 Å². The largest absolute Gasteiger partial charge is 0.393 e.